The predicted molar refractivity (Wildman–Crippen MR) is 81.6 cm³/mol. The first-order chi connectivity index (χ1) is 9.28. The van der Waals surface area contributed by atoms with Crippen LogP contribution in [0.1, 0.15) is 53.4 Å². The van der Waals surface area contributed by atoms with Crippen LogP contribution in [0.15, 0.2) is 0 Å². The number of hydrogen-bond donors (Lipinski definition) is 2. The standard InChI is InChI=1S/C16H32N2O2/c1-15(2)13(14(17)16(3,4)20-15)11-18-9-5-7-12(18)8-6-10-19/h12-14,19H,5-11,17H2,1-4H3. The van der Waals surface area contributed by atoms with Gasteiger partial charge in [0.2, 0.25) is 0 Å². The van der Waals surface area contributed by atoms with Crippen molar-refractivity contribution >= 4 is 0 Å². The minimum Gasteiger partial charge on any atom is -0.396 e. The van der Waals surface area contributed by atoms with Gasteiger partial charge in [0.15, 0.2) is 0 Å². The summed E-state index contributed by atoms with van der Waals surface area (Å²) < 4.78 is 6.20. The Labute approximate surface area is 123 Å². The zero-order chi connectivity index (χ0) is 15.0. The van der Waals surface area contributed by atoms with Gasteiger partial charge in [0, 0.05) is 31.2 Å². The molecular weight excluding hydrogens is 252 g/mol. The van der Waals surface area contributed by atoms with Crippen molar-refractivity contribution in [3.63, 3.8) is 0 Å². The van der Waals surface area contributed by atoms with Gasteiger partial charge in [-0.05, 0) is 59.9 Å². The Morgan fingerprint density at radius 3 is 2.50 bits per heavy atom. The van der Waals surface area contributed by atoms with Crippen molar-refractivity contribution in [3.8, 4) is 0 Å². The zero-order valence-corrected chi connectivity index (χ0v) is 13.6. The molecule has 2 saturated heterocycles. The molecular formula is C16H32N2O2. The minimum atomic E-state index is -0.242. The molecule has 0 aromatic carbocycles. The van der Waals surface area contributed by atoms with E-state index in [1.54, 1.807) is 0 Å². The summed E-state index contributed by atoms with van der Waals surface area (Å²) >= 11 is 0. The van der Waals surface area contributed by atoms with Crippen molar-refractivity contribution in [2.75, 3.05) is 19.7 Å². The molecule has 0 radical (unpaired) electrons. The average Bonchev–Trinajstić information content (AvgIpc) is 2.83. The molecule has 0 aromatic rings. The van der Waals surface area contributed by atoms with Gasteiger partial charge in [0.25, 0.3) is 0 Å². The van der Waals surface area contributed by atoms with Gasteiger partial charge in [-0.3, -0.25) is 4.90 Å². The highest BCUT2D eigenvalue weighted by atomic mass is 16.5. The van der Waals surface area contributed by atoms with E-state index in [4.69, 9.17) is 15.6 Å². The van der Waals surface area contributed by atoms with E-state index in [9.17, 15) is 0 Å². The number of nitrogens with zero attached hydrogens (tertiary/aromatic N) is 1. The fourth-order valence-electron chi connectivity index (χ4n) is 4.11. The molecule has 2 aliphatic rings. The second-order valence-electron chi connectivity index (χ2n) is 7.60. The van der Waals surface area contributed by atoms with Crippen LogP contribution >= 0.6 is 0 Å². The van der Waals surface area contributed by atoms with Crippen molar-refractivity contribution in [1.29, 1.82) is 0 Å². The third-order valence-electron chi connectivity index (χ3n) is 5.28. The second kappa shape index (κ2) is 5.91. The first kappa shape index (κ1) is 16.2. The molecule has 3 N–H and O–H groups in total. The molecule has 2 fully saturated rings. The Morgan fingerprint density at radius 1 is 1.25 bits per heavy atom. The Bertz CT molecular complexity index is 330. The van der Waals surface area contributed by atoms with Gasteiger partial charge in [0.05, 0.1) is 11.2 Å². The number of nitrogens with two attached hydrogens (primary N) is 1. The summed E-state index contributed by atoms with van der Waals surface area (Å²) in [6.45, 7) is 11.0. The maximum Gasteiger partial charge on any atom is 0.0788 e. The van der Waals surface area contributed by atoms with Crippen molar-refractivity contribution in [2.45, 2.75) is 76.7 Å². The van der Waals surface area contributed by atoms with Crippen LogP contribution < -0.4 is 5.73 Å². The van der Waals surface area contributed by atoms with Gasteiger partial charge in [-0.2, -0.15) is 0 Å². The molecule has 2 rings (SSSR count). The van der Waals surface area contributed by atoms with Crippen LogP contribution in [0.2, 0.25) is 0 Å². The van der Waals surface area contributed by atoms with Crippen LogP contribution in [0.4, 0.5) is 0 Å². The molecule has 20 heavy (non-hydrogen) atoms. The molecule has 3 unspecified atom stereocenters. The molecule has 4 heteroatoms. The summed E-state index contributed by atoms with van der Waals surface area (Å²) in [6.07, 6.45) is 4.53. The summed E-state index contributed by atoms with van der Waals surface area (Å²) in [7, 11) is 0. The van der Waals surface area contributed by atoms with Crippen LogP contribution in [0.3, 0.4) is 0 Å². The SMILES string of the molecule is CC1(C)OC(C)(C)C(CN2CCCC2CCCO)C1N. The maximum atomic E-state index is 9.03. The summed E-state index contributed by atoms with van der Waals surface area (Å²) in [5, 5.41) is 9.03. The molecule has 0 aromatic heterocycles. The highest BCUT2D eigenvalue weighted by molar-refractivity contribution is 5.05. The number of aliphatic hydroxyl groups excluding tert-OH is 1. The van der Waals surface area contributed by atoms with Crippen LogP contribution in [0.25, 0.3) is 0 Å². The van der Waals surface area contributed by atoms with Crippen LogP contribution in [-0.4, -0.2) is 53.0 Å². The first-order valence-corrected chi connectivity index (χ1v) is 8.08. The second-order valence-corrected chi connectivity index (χ2v) is 7.60. The quantitative estimate of drug-likeness (QED) is 0.807. The van der Waals surface area contributed by atoms with E-state index >= 15 is 0 Å². The van der Waals surface area contributed by atoms with E-state index in [0.717, 1.165) is 25.9 Å². The summed E-state index contributed by atoms with van der Waals surface area (Å²) in [5.41, 5.74) is 6.06. The number of likely N-dealkylation sites (tertiary alicyclic amines) is 1. The molecule has 118 valence electrons. The van der Waals surface area contributed by atoms with E-state index in [1.165, 1.54) is 12.8 Å². The molecule has 3 atom stereocenters. The van der Waals surface area contributed by atoms with Crippen molar-refractivity contribution < 1.29 is 9.84 Å². The molecule has 0 saturated carbocycles. The Balaban J connectivity index is 2.01. The monoisotopic (exact) mass is 284 g/mol. The highest BCUT2D eigenvalue weighted by Crippen LogP contribution is 2.42. The molecule has 0 spiro atoms. The molecule has 0 aliphatic carbocycles. The first-order valence-electron chi connectivity index (χ1n) is 8.08. The minimum absolute atomic E-state index is 0.0802. The lowest BCUT2D eigenvalue weighted by Crippen LogP contribution is -2.49. The fourth-order valence-corrected chi connectivity index (χ4v) is 4.11. The van der Waals surface area contributed by atoms with Crippen molar-refractivity contribution in [3.05, 3.63) is 0 Å². The molecule has 0 bridgehead atoms. The van der Waals surface area contributed by atoms with E-state index in [1.807, 2.05) is 0 Å². The maximum absolute atomic E-state index is 9.03. The smallest absolute Gasteiger partial charge is 0.0788 e. The molecule has 0 amide bonds. The van der Waals surface area contributed by atoms with E-state index in [-0.39, 0.29) is 17.2 Å². The number of aliphatic hydroxyl groups is 1. The Hall–Kier alpha value is -0.160. The van der Waals surface area contributed by atoms with Crippen LogP contribution in [0, 0.1) is 5.92 Å². The lowest BCUT2D eigenvalue weighted by Gasteiger charge is -2.34. The largest absolute Gasteiger partial charge is 0.396 e. The Kier molecular flexibility index (Phi) is 4.80. The number of ether oxygens (including phenoxy) is 1. The van der Waals surface area contributed by atoms with E-state index in [0.29, 0.717) is 18.6 Å². The van der Waals surface area contributed by atoms with Crippen LogP contribution in [0.5, 0.6) is 0 Å². The molecule has 4 nitrogen and oxygen atoms in total. The van der Waals surface area contributed by atoms with Gasteiger partial charge in [-0.25, -0.2) is 0 Å². The summed E-state index contributed by atoms with van der Waals surface area (Å²) in [6, 6.07) is 0.699. The van der Waals surface area contributed by atoms with Gasteiger partial charge in [-0.15, -0.1) is 0 Å². The zero-order valence-electron chi connectivity index (χ0n) is 13.6. The highest BCUT2D eigenvalue weighted by Gasteiger charge is 2.52. The topological polar surface area (TPSA) is 58.7 Å². The predicted octanol–water partition coefficient (Wildman–Crippen LogP) is 1.75. The van der Waals surface area contributed by atoms with E-state index < -0.39 is 0 Å². The molecule has 2 heterocycles. The van der Waals surface area contributed by atoms with Gasteiger partial charge >= 0.3 is 0 Å². The van der Waals surface area contributed by atoms with Gasteiger partial charge in [0.1, 0.15) is 0 Å². The third kappa shape index (κ3) is 3.19. The number of rotatable bonds is 5. The average molecular weight is 284 g/mol. The van der Waals surface area contributed by atoms with Gasteiger partial charge < -0.3 is 15.6 Å². The van der Waals surface area contributed by atoms with Crippen molar-refractivity contribution in [1.82, 2.24) is 4.90 Å². The van der Waals surface area contributed by atoms with E-state index in [2.05, 4.69) is 32.6 Å². The lowest BCUT2D eigenvalue weighted by molar-refractivity contribution is -0.0787. The fraction of sp³-hybridized carbons (Fsp3) is 1.00. The van der Waals surface area contributed by atoms with Gasteiger partial charge in [-0.1, -0.05) is 0 Å². The lowest BCUT2D eigenvalue weighted by atomic mass is 9.82. The normalized spacial score (nSPS) is 36.6. The Morgan fingerprint density at radius 2 is 1.95 bits per heavy atom. The summed E-state index contributed by atoms with van der Waals surface area (Å²) in [4.78, 5) is 2.58. The summed E-state index contributed by atoms with van der Waals surface area (Å²) in [5.74, 6) is 0.368. The number of hydrogen-bond acceptors (Lipinski definition) is 4. The molecule has 2 aliphatic heterocycles. The van der Waals surface area contributed by atoms with Crippen molar-refractivity contribution in [2.24, 2.45) is 11.7 Å². The third-order valence-corrected chi connectivity index (χ3v) is 5.28. The van der Waals surface area contributed by atoms with Crippen LogP contribution in [-0.2, 0) is 4.74 Å².